The summed E-state index contributed by atoms with van der Waals surface area (Å²) in [7, 11) is 1.64. The van der Waals surface area contributed by atoms with Crippen LogP contribution in [0.25, 0.3) is 11.4 Å². The topological polar surface area (TPSA) is 70.2 Å². The maximum Gasteiger partial charge on any atom is 0.191 e. The number of hydrogen-bond acceptors (Lipinski definition) is 6. The Kier molecular flexibility index (Phi) is 6.12. The van der Waals surface area contributed by atoms with Gasteiger partial charge in [0.25, 0.3) is 0 Å². The Morgan fingerprint density at radius 1 is 1.23 bits per heavy atom. The maximum atomic E-state index is 11.1. The van der Waals surface area contributed by atoms with Crippen molar-refractivity contribution in [2.75, 3.05) is 12.9 Å². The van der Waals surface area contributed by atoms with E-state index in [0.29, 0.717) is 13.0 Å². The summed E-state index contributed by atoms with van der Waals surface area (Å²) >= 11 is 1.60. The average molecular weight is 371 g/mol. The zero-order chi connectivity index (χ0) is 18.4. The number of hydrogen-bond donors (Lipinski definition) is 0. The van der Waals surface area contributed by atoms with Crippen LogP contribution in [-0.4, -0.2) is 33.4 Å². The molecule has 0 atom stereocenters. The molecule has 0 bridgehead atoms. The minimum atomic E-state index is 0.210. The first-order valence-electron chi connectivity index (χ1n) is 8.39. The van der Waals surface area contributed by atoms with Crippen LogP contribution in [0.1, 0.15) is 25.5 Å². The second-order valence-electron chi connectivity index (χ2n) is 5.85. The van der Waals surface area contributed by atoms with Crippen LogP contribution in [0.5, 0.6) is 5.75 Å². The van der Waals surface area contributed by atoms with Gasteiger partial charge in [0.1, 0.15) is 17.3 Å². The van der Waals surface area contributed by atoms with E-state index in [-0.39, 0.29) is 5.78 Å². The van der Waals surface area contributed by atoms with Gasteiger partial charge in [-0.1, -0.05) is 11.8 Å². The normalized spacial score (nSPS) is 10.8. The molecule has 0 N–H and O–H groups in total. The fraction of sp³-hybridized carbons (Fsp3) is 0.316. The number of carbonyl (C=O) groups is 1. The second-order valence-corrected chi connectivity index (χ2v) is 6.92. The first-order chi connectivity index (χ1) is 12.7. The summed E-state index contributed by atoms with van der Waals surface area (Å²) in [6, 6.07) is 11.5. The van der Waals surface area contributed by atoms with E-state index in [1.165, 1.54) is 0 Å². The number of ether oxygens (including phenoxy) is 1. The Morgan fingerprint density at radius 2 is 2.04 bits per heavy atom. The summed E-state index contributed by atoms with van der Waals surface area (Å²) in [6.45, 7) is 2.17. The van der Waals surface area contributed by atoms with Crippen LogP contribution >= 0.6 is 11.8 Å². The summed E-state index contributed by atoms with van der Waals surface area (Å²) in [5, 5.41) is 9.54. The van der Waals surface area contributed by atoms with Crippen molar-refractivity contribution in [2.45, 2.75) is 31.5 Å². The van der Waals surface area contributed by atoms with Gasteiger partial charge in [-0.25, -0.2) is 0 Å². The van der Waals surface area contributed by atoms with Crippen molar-refractivity contribution < 1.29 is 13.9 Å². The highest BCUT2D eigenvalue weighted by atomic mass is 32.2. The molecule has 0 aliphatic heterocycles. The number of ketones is 1. The van der Waals surface area contributed by atoms with E-state index in [2.05, 4.69) is 10.2 Å². The van der Waals surface area contributed by atoms with Gasteiger partial charge in [-0.05, 0) is 49.7 Å². The van der Waals surface area contributed by atoms with Gasteiger partial charge < -0.3 is 13.9 Å². The number of carbonyl (C=O) groups excluding carboxylic acids is 1. The smallest absolute Gasteiger partial charge is 0.191 e. The molecule has 26 heavy (non-hydrogen) atoms. The summed E-state index contributed by atoms with van der Waals surface area (Å²) in [4.78, 5) is 11.1. The van der Waals surface area contributed by atoms with Crippen molar-refractivity contribution in [3.63, 3.8) is 0 Å². The number of furan rings is 1. The zero-order valence-corrected chi connectivity index (χ0v) is 15.7. The second kappa shape index (κ2) is 8.71. The number of Topliss-reactive ketones (excluding diaryl/α,β-unsaturated/α-hetero) is 1. The molecule has 0 aliphatic rings. The molecule has 0 saturated heterocycles. The fourth-order valence-electron chi connectivity index (χ4n) is 2.53. The molecular formula is C19H21N3O3S. The van der Waals surface area contributed by atoms with Crippen LogP contribution in [-0.2, 0) is 11.3 Å². The van der Waals surface area contributed by atoms with Crippen LogP contribution in [0.4, 0.5) is 0 Å². The number of nitrogens with zero attached hydrogens (tertiary/aromatic N) is 3. The predicted octanol–water partition coefficient (Wildman–Crippen LogP) is 4.06. The molecule has 0 saturated carbocycles. The zero-order valence-electron chi connectivity index (χ0n) is 14.8. The highest BCUT2D eigenvalue weighted by Crippen LogP contribution is 2.27. The molecular weight excluding hydrogens is 350 g/mol. The van der Waals surface area contributed by atoms with E-state index >= 15 is 0 Å². The molecule has 1 aromatic carbocycles. The van der Waals surface area contributed by atoms with Crippen LogP contribution in [0, 0.1) is 0 Å². The van der Waals surface area contributed by atoms with Crippen molar-refractivity contribution >= 4 is 17.5 Å². The Morgan fingerprint density at radius 3 is 2.69 bits per heavy atom. The van der Waals surface area contributed by atoms with E-state index in [0.717, 1.165) is 40.2 Å². The summed E-state index contributed by atoms with van der Waals surface area (Å²) in [5.41, 5.74) is 0.959. The standard InChI is InChI=1S/C19H21N3O3S/c1-14(23)5-4-12-26-19-21-20-18(15-7-9-16(24-2)10-8-15)22(19)13-17-6-3-11-25-17/h3,6-11H,4-5,12-13H2,1-2H3. The molecule has 0 spiro atoms. The lowest BCUT2D eigenvalue weighted by molar-refractivity contribution is -0.117. The average Bonchev–Trinajstić information content (AvgIpc) is 3.29. The van der Waals surface area contributed by atoms with Gasteiger partial charge >= 0.3 is 0 Å². The molecule has 2 aromatic heterocycles. The van der Waals surface area contributed by atoms with Crippen molar-refractivity contribution in [3.8, 4) is 17.1 Å². The van der Waals surface area contributed by atoms with Gasteiger partial charge in [-0.3, -0.25) is 4.57 Å². The highest BCUT2D eigenvalue weighted by molar-refractivity contribution is 7.99. The van der Waals surface area contributed by atoms with E-state index in [1.807, 2.05) is 41.0 Å². The Balaban J connectivity index is 1.84. The predicted molar refractivity (Wildman–Crippen MR) is 100 cm³/mol. The first-order valence-corrected chi connectivity index (χ1v) is 9.38. The minimum absolute atomic E-state index is 0.210. The highest BCUT2D eigenvalue weighted by Gasteiger charge is 2.16. The molecule has 6 nitrogen and oxygen atoms in total. The lowest BCUT2D eigenvalue weighted by Gasteiger charge is -2.09. The lowest BCUT2D eigenvalue weighted by atomic mass is 10.2. The molecule has 2 heterocycles. The summed E-state index contributed by atoms with van der Waals surface area (Å²) in [6.07, 6.45) is 3.07. The molecule has 0 fully saturated rings. The van der Waals surface area contributed by atoms with Crippen LogP contribution < -0.4 is 4.74 Å². The monoisotopic (exact) mass is 371 g/mol. The molecule has 0 radical (unpaired) electrons. The molecule has 0 aliphatic carbocycles. The van der Waals surface area contributed by atoms with Gasteiger partial charge in [0.15, 0.2) is 11.0 Å². The van der Waals surface area contributed by atoms with Gasteiger partial charge in [-0.15, -0.1) is 10.2 Å². The molecule has 3 rings (SSSR count). The SMILES string of the molecule is COc1ccc(-c2nnc(SCCCC(C)=O)n2Cc2ccco2)cc1. The molecule has 3 aromatic rings. The van der Waals surface area contributed by atoms with Gasteiger partial charge in [0.05, 0.1) is 19.9 Å². The Bertz CT molecular complexity index is 842. The van der Waals surface area contributed by atoms with Crippen molar-refractivity contribution in [1.82, 2.24) is 14.8 Å². The number of aromatic nitrogens is 3. The molecule has 7 heteroatoms. The third kappa shape index (κ3) is 4.54. The quantitative estimate of drug-likeness (QED) is 0.417. The summed E-state index contributed by atoms with van der Waals surface area (Å²) < 4.78 is 12.8. The van der Waals surface area contributed by atoms with Crippen LogP contribution in [0.15, 0.2) is 52.2 Å². The number of thioether (sulfide) groups is 1. The van der Waals surface area contributed by atoms with Crippen LogP contribution in [0.3, 0.4) is 0 Å². The lowest BCUT2D eigenvalue weighted by Crippen LogP contribution is -2.04. The molecule has 136 valence electrons. The maximum absolute atomic E-state index is 11.1. The minimum Gasteiger partial charge on any atom is -0.497 e. The Hall–Kier alpha value is -2.54. The van der Waals surface area contributed by atoms with E-state index in [4.69, 9.17) is 9.15 Å². The third-order valence-corrected chi connectivity index (χ3v) is 4.92. The van der Waals surface area contributed by atoms with E-state index < -0.39 is 0 Å². The van der Waals surface area contributed by atoms with Crippen molar-refractivity contribution in [1.29, 1.82) is 0 Å². The Labute approximate surface area is 156 Å². The molecule has 0 unspecified atom stereocenters. The van der Waals surface area contributed by atoms with Crippen molar-refractivity contribution in [3.05, 3.63) is 48.4 Å². The van der Waals surface area contributed by atoms with Gasteiger partial charge in [0.2, 0.25) is 0 Å². The summed E-state index contributed by atoms with van der Waals surface area (Å²) in [5.74, 6) is 3.44. The molecule has 0 amide bonds. The first kappa shape index (κ1) is 18.3. The van der Waals surface area contributed by atoms with E-state index in [9.17, 15) is 4.79 Å². The van der Waals surface area contributed by atoms with Gasteiger partial charge in [0, 0.05) is 17.7 Å². The number of methoxy groups -OCH3 is 1. The van der Waals surface area contributed by atoms with Gasteiger partial charge in [-0.2, -0.15) is 0 Å². The van der Waals surface area contributed by atoms with Crippen LogP contribution in [0.2, 0.25) is 0 Å². The third-order valence-electron chi connectivity index (χ3n) is 3.86. The van der Waals surface area contributed by atoms with E-state index in [1.54, 1.807) is 32.1 Å². The van der Waals surface area contributed by atoms with Crippen molar-refractivity contribution in [2.24, 2.45) is 0 Å². The number of rotatable bonds is 9. The largest absolute Gasteiger partial charge is 0.497 e. The fourth-order valence-corrected chi connectivity index (χ4v) is 3.41. The number of benzene rings is 1.